The van der Waals surface area contributed by atoms with E-state index >= 15 is 0 Å². The van der Waals surface area contributed by atoms with Gasteiger partial charge in [0.05, 0.1) is 23.9 Å². The summed E-state index contributed by atoms with van der Waals surface area (Å²) < 4.78 is 11.7. The van der Waals surface area contributed by atoms with E-state index in [1.807, 2.05) is 0 Å². The summed E-state index contributed by atoms with van der Waals surface area (Å²) in [6.07, 6.45) is 6.61. The lowest BCUT2D eigenvalue weighted by molar-refractivity contribution is 0.0224. The largest absolute Gasteiger partial charge is 0.381 e. The Hall–Kier alpha value is -0.490. The molecule has 0 aromatic carbocycles. The molecule has 1 aromatic rings. The molecule has 2 saturated heterocycles. The van der Waals surface area contributed by atoms with Gasteiger partial charge in [-0.3, -0.25) is 0 Å². The van der Waals surface area contributed by atoms with Gasteiger partial charge in [0.2, 0.25) is 0 Å². The van der Waals surface area contributed by atoms with Crippen molar-refractivity contribution >= 4 is 11.3 Å². The van der Waals surface area contributed by atoms with E-state index in [2.05, 4.69) is 22.2 Å². The zero-order valence-corrected chi connectivity index (χ0v) is 15.7. The molecule has 5 heteroatoms. The van der Waals surface area contributed by atoms with Gasteiger partial charge in [-0.1, -0.05) is 6.42 Å². The molecule has 2 aliphatic heterocycles. The predicted molar refractivity (Wildman–Crippen MR) is 96.3 cm³/mol. The molecule has 3 fully saturated rings. The molecule has 4 nitrogen and oxygen atoms in total. The van der Waals surface area contributed by atoms with Crippen LogP contribution >= 0.6 is 11.3 Å². The molecule has 134 valence electrons. The maximum Gasteiger partial charge on any atom is 0.0898 e. The molecule has 3 aliphatic rings. The number of hydrogen-bond donors (Lipinski definition) is 0. The quantitative estimate of drug-likeness (QED) is 0.786. The molecule has 0 radical (unpaired) electrons. The van der Waals surface area contributed by atoms with Gasteiger partial charge in [0.1, 0.15) is 0 Å². The standard InChI is InChI=1S/C19H30N2O2S/c1-15-20-18(12-24-15)11-23-14-19-6-2-3-17(19)10-21(13-19)9-16-4-7-22-8-5-16/h12,16-17H,2-11,13-14H2,1H3/t17-,19+/m0/s1. The van der Waals surface area contributed by atoms with Gasteiger partial charge >= 0.3 is 0 Å². The van der Waals surface area contributed by atoms with E-state index in [-0.39, 0.29) is 0 Å². The van der Waals surface area contributed by atoms with Crippen molar-refractivity contribution in [3.63, 3.8) is 0 Å². The van der Waals surface area contributed by atoms with E-state index in [1.165, 1.54) is 51.7 Å². The molecule has 3 heterocycles. The van der Waals surface area contributed by atoms with Gasteiger partial charge in [-0.25, -0.2) is 4.98 Å². The summed E-state index contributed by atoms with van der Waals surface area (Å²) in [5, 5.41) is 3.26. The average molecular weight is 351 g/mol. The van der Waals surface area contributed by atoms with Crippen molar-refractivity contribution in [1.29, 1.82) is 0 Å². The Morgan fingerprint density at radius 1 is 1.38 bits per heavy atom. The second-order valence-electron chi connectivity index (χ2n) is 8.05. The first-order valence-corrected chi connectivity index (χ1v) is 10.4. The Balaban J connectivity index is 1.30. The smallest absolute Gasteiger partial charge is 0.0898 e. The molecule has 1 aliphatic carbocycles. The molecule has 0 amide bonds. The van der Waals surface area contributed by atoms with Gasteiger partial charge in [0, 0.05) is 43.6 Å². The fourth-order valence-corrected chi connectivity index (χ4v) is 5.63. The topological polar surface area (TPSA) is 34.6 Å². The van der Waals surface area contributed by atoms with Crippen LogP contribution in [-0.4, -0.2) is 49.3 Å². The van der Waals surface area contributed by atoms with Gasteiger partial charge in [-0.15, -0.1) is 11.3 Å². The van der Waals surface area contributed by atoms with Crippen molar-refractivity contribution in [3.8, 4) is 0 Å². The second kappa shape index (κ2) is 7.40. The molecule has 0 N–H and O–H groups in total. The van der Waals surface area contributed by atoms with Crippen molar-refractivity contribution in [3.05, 3.63) is 16.1 Å². The van der Waals surface area contributed by atoms with Crippen LogP contribution in [0.2, 0.25) is 0 Å². The van der Waals surface area contributed by atoms with Crippen LogP contribution < -0.4 is 0 Å². The Morgan fingerprint density at radius 2 is 2.25 bits per heavy atom. The van der Waals surface area contributed by atoms with Gasteiger partial charge in [0.15, 0.2) is 0 Å². The van der Waals surface area contributed by atoms with Crippen LogP contribution in [0.4, 0.5) is 0 Å². The summed E-state index contributed by atoms with van der Waals surface area (Å²) in [6.45, 7) is 9.38. The Kier molecular flexibility index (Phi) is 5.23. The van der Waals surface area contributed by atoms with Crippen LogP contribution in [0.25, 0.3) is 0 Å². The summed E-state index contributed by atoms with van der Waals surface area (Å²) in [4.78, 5) is 7.25. The molecule has 4 rings (SSSR count). The van der Waals surface area contributed by atoms with Gasteiger partial charge in [-0.2, -0.15) is 0 Å². The summed E-state index contributed by atoms with van der Waals surface area (Å²) >= 11 is 1.72. The van der Waals surface area contributed by atoms with Crippen LogP contribution in [0.5, 0.6) is 0 Å². The zero-order valence-electron chi connectivity index (χ0n) is 14.8. The molecule has 0 bridgehead atoms. The van der Waals surface area contributed by atoms with E-state index in [0.29, 0.717) is 12.0 Å². The Bertz CT molecular complexity index is 543. The summed E-state index contributed by atoms with van der Waals surface area (Å²) in [7, 11) is 0. The monoisotopic (exact) mass is 350 g/mol. The first-order valence-electron chi connectivity index (χ1n) is 9.52. The highest BCUT2D eigenvalue weighted by molar-refractivity contribution is 7.09. The zero-order chi connectivity index (χ0) is 16.4. The minimum atomic E-state index is 0.413. The van der Waals surface area contributed by atoms with E-state index < -0.39 is 0 Å². The number of hydrogen-bond acceptors (Lipinski definition) is 5. The summed E-state index contributed by atoms with van der Waals surface area (Å²) in [5.74, 6) is 1.68. The lowest BCUT2D eigenvalue weighted by atomic mass is 9.81. The molecule has 1 aromatic heterocycles. The SMILES string of the molecule is Cc1nc(COC[C@]23CCC[C@H]2CN(CC2CCOCC2)C3)cs1. The minimum absolute atomic E-state index is 0.413. The van der Waals surface area contributed by atoms with Crippen molar-refractivity contribution in [2.45, 2.75) is 45.6 Å². The van der Waals surface area contributed by atoms with Crippen LogP contribution in [0.15, 0.2) is 5.38 Å². The number of aromatic nitrogens is 1. The summed E-state index contributed by atoms with van der Waals surface area (Å²) in [5.41, 5.74) is 1.51. The van der Waals surface area contributed by atoms with Crippen molar-refractivity contribution in [1.82, 2.24) is 9.88 Å². The van der Waals surface area contributed by atoms with Crippen LogP contribution in [-0.2, 0) is 16.1 Å². The Morgan fingerprint density at radius 3 is 3.04 bits per heavy atom. The van der Waals surface area contributed by atoms with Gasteiger partial charge in [-0.05, 0) is 44.4 Å². The lowest BCUT2D eigenvalue weighted by Crippen LogP contribution is -2.35. The number of ether oxygens (including phenoxy) is 2. The maximum atomic E-state index is 6.16. The Labute approximate surface area is 149 Å². The number of nitrogens with zero attached hydrogens (tertiary/aromatic N) is 2. The van der Waals surface area contributed by atoms with Crippen LogP contribution in [0, 0.1) is 24.2 Å². The van der Waals surface area contributed by atoms with E-state index in [4.69, 9.17) is 9.47 Å². The average Bonchev–Trinajstić information content (AvgIpc) is 3.23. The first kappa shape index (κ1) is 17.0. The molecule has 2 atom stereocenters. The second-order valence-corrected chi connectivity index (χ2v) is 9.11. The molecular weight excluding hydrogens is 320 g/mol. The minimum Gasteiger partial charge on any atom is -0.381 e. The number of thiazole rings is 1. The van der Waals surface area contributed by atoms with Crippen molar-refractivity contribution in [2.24, 2.45) is 17.3 Å². The van der Waals surface area contributed by atoms with Gasteiger partial charge < -0.3 is 14.4 Å². The highest BCUT2D eigenvalue weighted by Crippen LogP contribution is 2.49. The number of rotatable bonds is 6. The highest BCUT2D eigenvalue weighted by Gasteiger charge is 2.49. The number of aryl methyl sites for hydroxylation is 1. The third kappa shape index (κ3) is 3.69. The van der Waals surface area contributed by atoms with Gasteiger partial charge in [0.25, 0.3) is 0 Å². The van der Waals surface area contributed by atoms with Crippen LogP contribution in [0.3, 0.4) is 0 Å². The number of likely N-dealkylation sites (tertiary alicyclic amines) is 1. The molecule has 1 saturated carbocycles. The first-order chi connectivity index (χ1) is 11.7. The fraction of sp³-hybridized carbons (Fsp3) is 0.842. The van der Waals surface area contributed by atoms with Crippen molar-refractivity contribution < 1.29 is 9.47 Å². The third-order valence-electron chi connectivity index (χ3n) is 6.27. The molecular formula is C19H30N2O2S. The molecule has 0 unspecified atom stereocenters. The fourth-order valence-electron chi connectivity index (χ4n) is 5.03. The molecule has 0 spiro atoms. The van der Waals surface area contributed by atoms with E-state index in [0.717, 1.165) is 42.4 Å². The maximum absolute atomic E-state index is 6.16. The lowest BCUT2D eigenvalue weighted by Gasteiger charge is -2.30. The third-order valence-corrected chi connectivity index (χ3v) is 7.10. The molecule has 24 heavy (non-hydrogen) atoms. The van der Waals surface area contributed by atoms with Crippen molar-refractivity contribution in [2.75, 3.05) is 39.5 Å². The van der Waals surface area contributed by atoms with Crippen LogP contribution in [0.1, 0.15) is 42.8 Å². The van der Waals surface area contributed by atoms with E-state index in [9.17, 15) is 0 Å². The summed E-state index contributed by atoms with van der Waals surface area (Å²) in [6, 6.07) is 0. The predicted octanol–water partition coefficient (Wildman–Crippen LogP) is 3.50. The normalized spacial score (nSPS) is 31.6. The van der Waals surface area contributed by atoms with E-state index in [1.54, 1.807) is 11.3 Å². The highest BCUT2D eigenvalue weighted by atomic mass is 32.1. The number of fused-ring (bicyclic) bond motifs is 1.